The first-order chi connectivity index (χ1) is 13.7. The summed E-state index contributed by atoms with van der Waals surface area (Å²) in [4.78, 5) is 4.61. The maximum absolute atomic E-state index is 6.41. The first-order valence-electron chi connectivity index (χ1n) is 9.71. The van der Waals surface area contributed by atoms with Crippen LogP contribution in [0, 0.1) is 6.92 Å². The van der Waals surface area contributed by atoms with E-state index >= 15 is 0 Å². The molecule has 0 atom stereocenters. The Morgan fingerprint density at radius 2 is 1.71 bits per heavy atom. The van der Waals surface area contributed by atoms with E-state index in [1.54, 1.807) is 0 Å². The van der Waals surface area contributed by atoms with Gasteiger partial charge >= 0.3 is 0 Å². The molecular weight excluding hydrogens is 342 g/mol. The molecule has 0 aliphatic carbocycles. The minimum atomic E-state index is 0.915. The second kappa shape index (κ2) is 6.65. The van der Waals surface area contributed by atoms with Gasteiger partial charge in [-0.15, -0.1) is 0 Å². The summed E-state index contributed by atoms with van der Waals surface area (Å²) in [7, 11) is 0. The van der Waals surface area contributed by atoms with E-state index in [1.807, 2.05) is 12.3 Å². The molecule has 0 saturated heterocycles. The van der Waals surface area contributed by atoms with Crippen molar-refractivity contribution >= 4 is 21.9 Å². The fraction of sp³-hybridized carbons (Fsp3) is 0.115. The van der Waals surface area contributed by atoms with Crippen molar-refractivity contribution in [2.45, 2.75) is 20.3 Å². The Hall–Kier alpha value is -3.39. The van der Waals surface area contributed by atoms with Crippen LogP contribution in [-0.4, -0.2) is 4.98 Å². The zero-order valence-corrected chi connectivity index (χ0v) is 16.1. The predicted octanol–water partition coefficient (Wildman–Crippen LogP) is 7.19. The van der Waals surface area contributed by atoms with E-state index in [0.717, 1.165) is 39.8 Å². The number of furan rings is 1. The summed E-state index contributed by atoms with van der Waals surface area (Å²) < 4.78 is 6.41. The summed E-state index contributed by atoms with van der Waals surface area (Å²) in [5.41, 5.74) is 8.70. The van der Waals surface area contributed by atoms with E-state index in [2.05, 4.69) is 85.6 Å². The van der Waals surface area contributed by atoms with Crippen LogP contribution in [0.1, 0.15) is 18.1 Å². The summed E-state index contributed by atoms with van der Waals surface area (Å²) >= 11 is 0. The number of aryl methyl sites for hydroxylation is 2. The number of benzene rings is 3. The molecule has 2 nitrogen and oxygen atoms in total. The smallest absolute Gasteiger partial charge is 0.145 e. The van der Waals surface area contributed by atoms with E-state index in [0.29, 0.717) is 0 Å². The van der Waals surface area contributed by atoms with Crippen LogP contribution in [0.15, 0.2) is 83.4 Å². The van der Waals surface area contributed by atoms with Crippen LogP contribution in [0.2, 0.25) is 0 Å². The molecule has 2 heterocycles. The standard InChI is InChI=1S/C26H21NO/c1-3-18-13-14-27-23(15-18)21-11-9-17(2)25-22-12-10-20(16-24(22)28-26(21)25)19-7-5-4-6-8-19/h4-16H,3H2,1-2H3. The van der Waals surface area contributed by atoms with Gasteiger partial charge in [-0.05, 0) is 65.9 Å². The molecule has 0 bridgehead atoms. The molecule has 0 unspecified atom stereocenters. The van der Waals surface area contributed by atoms with Gasteiger partial charge in [0.1, 0.15) is 11.2 Å². The van der Waals surface area contributed by atoms with Crippen LogP contribution in [0.5, 0.6) is 0 Å². The Balaban J connectivity index is 1.76. The van der Waals surface area contributed by atoms with E-state index in [-0.39, 0.29) is 0 Å². The van der Waals surface area contributed by atoms with Crippen LogP contribution < -0.4 is 0 Å². The highest BCUT2D eigenvalue weighted by atomic mass is 16.3. The maximum Gasteiger partial charge on any atom is 0.145 e. The van der Waals surface area contributed by atoms with Crippen LogP contribution >= 0.6 is 0 Å². The van der Waals surface area contributed by atoms with Gasteiger partial charge in [0.05, 0.1) is 5.69 Å². The quantitative estimate of drug-likeness (QED) is 0.339. The fourth-order valence-corrected chi connectivity index (χ4v) is 3.90. The number of nitrogens with zero attached hydrogens (tertiary/aromatic N) is 1. The summed E-state index contributed by atoms with van der Waals surface area (Å²) in [6.07, 6.45) is 2.88. The molecule has 3 aromatic carbocycles. The van der Waals surface area contributed by atoms with Gasteiger partial charge in [0, 0.05) is 22.5 Å². The number of pyridine rings is 1. The first kappa shape index (κ1) is 16.8. The second-order valence-electron chi connectivity index (χ2n) is 7.22. The predicted molar refractivity (Wildman–Crippen MR) is 117 cm³/mol. The molecule has 0 saturated carbocycles. The third-order valence-electron chi connectivity index (χ3n) is 5.44. The van der Waals surface area contributed by atoms with Crippen LogP contribution in [0.4, 0.5) is 0 Å². The Bertz CT molecular complexity index is 1300. The lowest BCUT2D eigenvalue weighted by Crippen LogP contribution is -1.88. The number of hydrogen-bond acceptors (Lipinski definition) is 2. The number of rotatable bonds is 3. The number of hydrogen-bond donors (Lipinski definition) is 0. The molecule has 0 radical (unpaired) electrons. The van der Waals surface area contributed by atoms with Gasteiger partial charge in [0.2, 0.25) is 0 Å². The molecule has 0 fully saturated rings. The molecule has 28 heavy (non-hydrogen) atoms. The van der Waals surface area contributed by atoms with Gasteiger partial charge in [-0.25, -0.2) is 0 Å². The summed E-state index contributed by atoms with van der Waals surface area (Å²) in [5.74, 6) is 0. The Morgan fingerprint density at radius 3 is 2.54 bits per heavy atom. The van der Waals surface area contributed by atoms with Crippen molar-refractivity contribution in [3.05, 3.63) is 90.1 Å². The van der Waals surface area contributed by atoms with E-state index in [4.69, 9.17) is 4.42 Å². The van der Waals surface area contributed by atoms with Crippen molar-refractivity contribution in [2.75, 3.05) is 0 Å². The number of fused-ring (bicyclic) bond motifs is 3. The second-order valence-corrected chi connectivity index (χ2v) is 7.22. The lowest BCUT2D eigenvalue weighted by molar-refractivity contribution is 0.670. The van der Waals surface area contributed by atoms with E-state index in [1.165, 1.54) is 22.1 Å². The monoisotopic (exact) mass is 363 g/mol. The molecule has 5 aromatic rings. The molecule has 5 rings (SSSR count). The Morgan fingerprint density at radius 1 is 0.857 bits per heavy atom. The summed E-state index contributed by atoms with van der Waals surface area (Å²) in [5, 5.41) is 2.33. The molecule has 0 aliphatic rings. The van der Waals surface area contributed by atoms with Gasteiger partial charge in [-0.1, -0.05) is 49.4 Å². The minimum absolute atomic E-state index is 0.915. The third kappa shape index (κ3) is 2.69. The van der Waals surface area contributed by atoms with E-state index < -0.39 is 0 Å². The van der Waals surface area contributed by atoms with Gasteiger partial charge in [0.15, 0.2) is 0 Å². The van der Waals surface area contributed by atoms with Gasteiger partial charge in [-0.2, -0.15) is 0 Å². The molecular formula is C26H21NO. The molecule has 2 aromatic heterocycles. The largest absolute Gasteiger partial charge is 0.455 e. The topological polar surface area (TPSA) is 26.0 Å². The fourth-order valence-electron chi connectivity index (χ4n) is 3.90. The Kier molecular flexibility index (Phi) is 3.98. The minimum Gasteiger partial charge on any atom is -0.455 e. The zero-order valence-electron chi connectivity index (χ0n) is 16.1. The van der Waals surface area contributed by atoms with Gasteiger partial charge in [-0.3, -0.25) is 4.98 Å². The highest BCUT2D eigenvalue weighted by molar-refractivity contribution is 6.11. The third-order valence-corrected chi connectivity index (χ3v) is 5.44. The van der Waals surface area contributed by atoms with E-state index in [9.17, 15) is 0 Å². The summed E-state index contributed by atoms with van der Waals surface area (Å²) in [6, 6.07) is 25.4. The lowest BCUT2D eigenvalue weighted by atomic mass is 9.99. The normalized spacial score (nSPS) is 11.4. The van der Waals surface area contributed by atoms with Gasteiger partial charge in [0.25, 0.3) is 0 Å². The van der Waals surface area contributed by atoms with Crippen LogP contribution in [-0.2, 0) is 6.42 Å². The van der Waals surface area contributed by atoms with Crippen molar-refractivity contribution in [3.8, 4) is 22.4 Å². The SMILES string of the molecule is CCc1ccnc(-c2ccc(C)c3c2oc2cc(-c4ccccc4)ccc23)c1. The molecule has 0 N–H and O–H groups in total. The Labute approximate surface area is 164 Å². The van der Waals surface area contributed by atoms with Crippen LogP contribution in [0.25, 0.3) is 44.3 Å². The van der Waals surface area contributed by atoms with Gasteiger partial charge < -0.3 is 4.42 Å². The average Bonchev–Trinajstić information content (AvgIpc) is 3.14. The lowest BCUT2D eigenvalue weighted by Gasteiger charge is -2.05. The number of aromatic nitrogens is 1. The first-order valence-corrected chi connectivity index (χ1v) is 9.71. The highest BCUT2D eigenvalue weighted by Gasteiger charge is 2.16. The maximum atomic E-state index is 6.41. The molecule has 0 spiro atoms. The van der Waals surface area contributed by atoms with Crippen molar-refractivity contribution in [3.63, 3.8) is 0 Å². The van der Waals surface area contributed by atoms with Crippen molar-refractivity contribution in [2.24, 2.45) is 0 Å². The van der Waals surface area contributed by atoms with Crippen molar-refractivity contribution in [1.29, 1.82) is 0 Å². The van der Waals surface area contributed by atoms with Crippen LogP contribution in [0.3, 0.4) is 0 Å². The van der Waals surface area contributed by atoms with Crippen molar-refractivity contribution in [1.82, 2.24) is 4.98 Å². The molecule has 0 aliphatic heterocycles. The highest BCUT2D eigenvalue weighted by Crippen LogP contribution is 2.38. The average molecular weight is 363 g/mol. The molecule has 0 amide bonds. The van der Waals surface area contributed by atoms with Crippen molar-refractivity contribution < 1.29 is 4.42 Å². The molecule has 136 valence electrons. The molecule has 2 heteroatoms. The summed E-state index contributed by atoms with van der Waals surface area (Å²) in [6.45, 7) is 4.30. The zero-order chi connectivity index (χ0) is 19.1.